The molecular weight excluding hydrogens is 309 g/mol. The van der Waals surface area contributed by atoms with E-state index in [2.05, 4.69) is 15.6 Å². The number of nitrogens with zero attached hydrogens (tertiary/aromatic N) is 1. The Labute approximate surface area is 139 Å². The number of anilines is 1. The average Bonchev–Trinajstić information content (AvgIpc) is 3.40. The van der Waals surface area contributed by atoms with Crippen molar-refractivity contribution in [2.75, 3.05) is 5.32 Å². The summed E-state index contributed by atoms with van der Waals surface area (Å²) < 4.78 is 13.7. The summed E-state index contributed by atoms with van der Waals surface area (Å²) in [4.78, 5) is 28.1. The van der Waals surface area contributed by atoms with Crippen LogP contribution in [-0.2, 0) is 4.79 Å². The first-order valence-corrected chi connectivity index (χ1v) is 7.87. The largest absolute Gasteiger partial charge is 0.344 e. The second-order valence-corrected chi connectivity index (χ2v) is 5.91. The zero-order valence-electron chi connectivity index (χ0n) is 13.3. The van der Waals surface area contributed by atoms with E-state index in [0.717, 1.165) is 12.8 Å². The van der Waals surface area contributed by atoms with Crippen molar-refractivity contribution in [2.24, 2.45) is 5.92 Å². The Morgan fingerprint density at radius 2 is 2.04 bits per heavy atom. The molecule has 1 heterocycles. The molecule has 1 saturated carbocycles. The van der Waals surface area contributed by atoms with Crippen molar-refractivity contribution in [2.45, 2.75) is 25.8 Å². The van der Waals surface area contributed by atoms with Crippen LogP contribution in [0.4, 0.5) is 10.1 Å². The molecule has 1 fully saturated rings. The fraction of sp³-hybridized carbons (Fsp3) is 0.278. The van der Waals surface area contributed by atoms with Gasteiger partial charge in [0.2, 0.25) is 5.91 Å². The van der Waals surface area contributed by atoms with E-state index in [4.69, 9.17) is 0 Å². The van der Waals surface area contributed by atoms with Crippen LogP contribution in [0, 0.1) is 11.7 Å². The third-order valence-corrected chi connectivity index (χ3v) is 3.89. The summed E-state index contributed by atoms with van der Waals surface area (Å²) in [5.41, 5.74) is 1.16. The normalized spacial score (nSPS) is 14.8. The fourth-order valence-corrected chi connectivity index (χ4v) is 2.39. The maximum absolute atomic E-state index is 13.7. The van der Waals surface area contributed by atoms with Gasteiger partial charge in [-0.2, -0.15) is 0 Å². The fourth-order valence-electron chi connectivity index (χ4n) is 2.39. The molecule has 5 nitrogen and oxygen atoms in total. The molecule has 0 radical (unpaired) electrons. The molecule has 1 aromatic carbocycles. The Balaban J connectivity index is 1.68. The monoisotopic (exact) mass is 327 g/mol. The van der Waals surface area contributed by atoms with Gasteiger partial charge in [-0.1, -0.05) is 6.07 Å². The second kappa shape index (κ2) is 6.78. The molecule has 3 rings (SSSR count). The van der Waals surface area contributed by atoms with Crippen molar-refractivity contribution < 1.29 is 14.0 Å². The number of carbonyl (C=O) groups is 2. The van der Waals surface area contributed by atoms with Crippen molar-refractivity contribution in [1.82, 2.24) is 10.3 Å². The predicted octanol–water partition coefficient (Wildman–Crippen LogP) is 3.06. The van der Waals surface area contributed by atoms with E-state index in [9.17, 15) is 14.0 Å². The third-order valence-electron chi connectivity index (χ3n) is 3.89. The van der Waals surface area contributed by atoms with Gasteiger partial charge in [-0.25, -0.2) is 4.39 Å². The summed E-state index contributed by atoms with van der Waals surface area (Å²) in [7, 11) is 0. The molecule has 1 aromatic heterocycles. The number of rotatable bonds is 5. The summed E-state index contributed by atoms with van der Waals surface area (Å²) in [6, 6.07) is 8.92. The number of aromatic nitrogens is 1. The van der Waals surface area contributed by atoms with Gasteiger partial charge in [0.25, 0.3) is 5.91 Å². The van der Waals surface area contributed by atoms with Crippen molar-refractivity contribution in [3.8, 4) is 0 Å². The molecule has 1 atom stereocenters. The van der Waals surface area contributed by atoms with E-state index in [0.29, 0.717) is 11.3 Å². The van der Waals surface area contributed by atoms with Crippen LogP contribution in [0.5, 0.6) is 0 Å². The van der Waals surface area contributed by atoms with E-state index < -0.39 is 11.9 Å². The lowest BCUT2D eigenvalue weighted by Crippen LogP contribution is -2.28. The van der Waals surface area contributed by atoms with Gasteiger partial charge in [0.05, 0.1) is 11.7 Å². The Hall–Kier alpha value is -2.76. The molecule has 2 N–H and O–H groups in total. The van der Waals surface area contributed by atoms with Gasteiger partial charge in [0, 0.05) is 23.4 Å². The topological polar surface area (TPSA) is 71.1 Å². The van der Waals surface area contributed by atoms with Crippen molar-refractivity contribution >= 4 is 17.5 Å². The first-order valence-electron chi connectivity index (χ1n) is 7.87. The van der Waals surface area contributed by atoms with Crippen LogP contribution in [0.2, 0.25) is 0 Å². The number of carbonyl (C=O) groups excluding carboxylic acids is 2. The molecule has 0 spiro atoms. The third kappa shape index (κ3) is 3.76. The number of pyridine rings is 1. The summed E-state index contributed by atoms with van der Waals surface area (Å²) in [5, 5.41) is 5.52. The lowest BCUT2D eigenvalue weighted by atomic mass is 10.1. The Morgan fingerprint density at radius 1 is 1.25 bits per heavy atom. The van der Waals surface area contributed by atoms with Gasteiger partial charge in [-0.15, -0.1) is 0 Å². The molecule has 1 aliphatic rings. The molecule has 24 heavy (non-hydrogen) atoms. The summed E-state index contributed by atoms with van der Waals surface area (Å²) in [5.74, 6) is -0.739. The first kappa shape index (κ1) is 16.1. The number of benzene rings is 1. The van der Waals surface area contributed by atoms with E-state index in [1.165, 1.54) is 18.3 Å². The van der Waals surface area contributed by atoms with Gasteiger partial charge in [-0.3, -0.25) is 14.6 Å². The molecule has 124 valence electrons. The molecule has 1 aliphatic carbocycles. The molecule has 6 heteroatoms. The van der Waals surface area contributed by atoms with E-state index in [1.54, 1.807) is 31.2 Å². The Kier molecular flexibility index (Phi) is 4.55. The highest BCUT2D eigenvalue weighted by atomic mass is 19.1. The molecule has 2 aromatic rings. The van der Waals surface area contributed by atoms with Crippen LogP contribution in [0.15, 0.2) is 42.6 Å². The zero-order valence-corrected chi connectivity index (χ0v) is 13.3. The molecule has 0 saturated heterocycles. The molecular formula is C18H18FN3O2. The lowest BCUT2D eigenvalue weighted by molar-refractivity contribution is -0.117. The van der Waals surface area contributed by atoms with Crippen molar-refractivity contribution in [1.29, 1.82) is 0 Å². The summed E-state index contributed by atoms with van der Waals surface area (Å²) in [6.07, 6.45) is 3.31. The van der Waals surface area contributed by atoms with E-state index >= 15 is 0 Å². The predicted molar refractivity (Wildman–Crippen MR) is 87.9 cm³/mol. The lowest BCUT2D eigenvalue weighted by Gasteiger charge is -2.14. The van der Waals surface area contributed by atoms with E-state index in [1.807, 2.05) is 0 Å². The first-order chi connectivity index (χ1) is 11.5. The van der Waals surface area contributed by atoms with Gasteiger partial charge >= 0.3 is 0 Å². The van der Waals surface area contributed by atoms with Crippen LogP contribution < -0.4 is 10.6 Å². The average molecular weight is 327 g/mol. The van der Waals surface area contributed by atoms with Gasteiger partial charge in [0.15, 0.2) is 0 Å². The number of nitrogens with one attached hydrogen (secondary N) is 2. The van der Waals surface area contributed by atoms with Crippen LogP contribution in [0.1, 0.15) is 41.9 Å². The minimum atomic E-state index is -0.566. The minimum absolute atomic E-state index is 0.0171. The standard InChI is InChI=1S/C18H18FN3O2/c1-11(16-15(19)6-3-9-20-16)21-18(24)13-4-2-5-14(10-13)22-17(23)12-7-8-12/h2-6,9-12H,7-8H2,1H3,(H,21,24)(H,22,23)/t11-/m1/s1. The maximum Gasteiger partial charge on any atom is 0.251 e. The second-order valence-electron chi connectivity index (χ2n) is 5.91. The van der Waals surface area contributed by atoms with Gasteiger partial charge in [0.1, 0.15) is 5.82 Å². The number of hydrogen-bond donors (Lipinski definition) is 2. The molecule has 0 unspecified atom stereocenters. The molecule has 0 aliphatic heterocycles. The Bertz CT molecular complexity index is 774. The maximum atomic E-state index is 13.7. The number of hydrogen-bond acceptors (Lipinski definition) is 3. The Morgan fingerprint density at radius 3 is 2.75 bits per heavy atom. The summed E-state index contributed by atoms with van der Waals surface area (Å²) >= 11 is 0. The minimum Gasteiger partial charge on any atom is -0.344 e. The SMILES string of the molecule is C[C@@H](NC(=O)c1cccc(NC(=O)C2CC2)c1)c1ncccc1F. The highest BCUT2D eigenvalue weighted by Gasteiger charge is 2.29. The smallest absolute Gasteiger partial charge is 0.251 e. The van der Waals surface area contributed by atoms with Crippen LogP contribution >= 0.6 is 0 Å². The molecule has 2 amide bonds. The van der Waals surface area contributed by atoms with Crippen LogP contribution in [-0.4, -0.2) is 16.8 Å². The van der Waals surface area contributed by atoms with Gasteiger partial charge < -0.3 is 10.6 Å². The number of halogens is 1. The van der Waals surface area contributed by atoms with E-state index in [-0.39, 0.29) is 23.4 Å². The highest BCUT2D eigenvalue weighted by Crippen LogP contribution is 2.30. The van der Waals surface area contributed by atoms with Crippen molar-refractivity contribution in [3.05, 3.63) is 59.7 Å². The van der Waals surface area contributed by atoms with Gasteiger partial charge in [-0.05, 0) is 50.1 Å². The van der Waals surface area contributed by atoms with Crippen molar-refractivity contribution in [3.63, 3.8) is 0 Å². The molecule has 0 bridgehead atoms. The highest BCUT2D eigenvalue weighted by molar-refractivity contribution is 5.98. The zero-order chi connectivity index (χ0) is 17.1. The number of amides is 2. The van der Waals surface area contributed by atoms with Crippen LogP contribution in [0.25, 0.3) is 0 Å². The summed E-state index contributed by atoms with van der Waals surface area (Å²) in [6.45, 7) is 1.67. The van der Waals surface area contributed by atoms with Crippen LogP contribution in [0.3, 0.4) is 0 Å². The quantitative estimate of drug-likeness (QED) is 0.886.